The molecule has 0 atom stereocenters. The SMILES string of the molecule is Cc1ncsc1CCC(=O)N1CCC(c2nnc(CN(C)C)n2C)CC1. The van der Waals surface area contributed by atoms with E-state index in [1.165, 1.54) is 4.88 Å². The average molecular weight is 377 g/mol. The van der Waals surface area contributed by atoms with Gasteiger partial charge in [-0.3, -0.25) is 4.79 Å². The van der Waals surface area contributed by atoms with Gasteiger partial charge in [-0.15, -0.1) is 21.5 Å². The fourth-order valence-corrected chi connectivity index (χ4v) is 4.26. The Hall–Kier alpha value is -1.80. The largest absolute Gasteiger partial charge is 0.343 e. The number of nitrogens with zero attached hydrogens (tertiary/aromatic N) is 6. The van der Waals surface area contributed by atoms with Crippen molar-refractivity contribution in [3.8, 4) is 0 Å². The highest BCUT2D eigenvalue weighted by Gasteiger charge is 2.27. The Kier molecular flexibility index (Phi) is 6.03. The zero-order chi connectivity index (χ0) is 18.7. The van der Waals surface area contributed by atoms with E-state index >= 15 is 0 Å². The Morgan fingerprint density at radius 3 is 2.65 bits per heavy atom. The number of piperidine rings is 1. The van der Waals surface area contributed by atoms with Crippen LogP contribution < -0.4 is 0 Å². The van der Waals surface area contributed by atoms with Crippen LogP contribution in [0.4, 0.5) is 0 Å². The molecule has 8 heteroatoms. The number of amides is 1. The quantitative estimate of drug-likeness (QED) is 0.771. The third-order valence-electron chi connectivity index (χ3n) is 5.08. The Labute approximate surface area is 159 Å². The lowest BCUT2D eigenvalue weighted by Gasteiger charge is -2.31. The number of likely N-dealkylation sites (tertiary alicyclic amines) is 1. The van der Waals surface area contributed by atoms with Crippen LogP contribution in [0.15, 0.2) is 5.51 Å². The van der Waals surface area contributed by atoms with Crippen molar-refractivity contribution >= 4 is 17.2 Å². The Bertz CT molecular complexity index is 745. The van der Waals surface area contributed by atoms with Gasteiger partial charge in [0.05, 0.1) is 17.7 Å². The minimum Gasteiger partial charge on any atom is -0.343 e. The summed E-state index contributed by atoms with van der Waals surface area (Å²) in [5.74, 6) is 2.68. The van der Waals surface area contributed by atoms with E-state index in [0.717, 1.165) is 56.2 Å². The fourth-order valence-electron chi connectivity index (χ4n) is 3.48. The number of thiazole rings is 1. The summed E-state index contributed by atoms with van der Waals surface area (Å²) < 4.78 is 2.12. The van der Waals surface area contributed by atoms with Crippen molar-refractivity contribution in [2.45, 2.75) is 45.1 Å². The molecule has 0 saturated carbocycles. The summed E-state index contributed by atoms with van der Waals surface area (Å²) in [4.78, 5) is 22.1. The third-order valence-corrected chi connectivity index (χ3v) is 6.07. The van der Waals surface area contributed by atoms with Gasteiger partial charge in [0.2, 0.25) is 5.91 Å². The summed E-state index contributed by atoms with van der Waals surface area (Å²) in [6.07, 6.45) is 3.29. The van der Waals surface area contributed by atoms with Crippen molar-refractivity contribution in [2.75, 3.05) is 27.2 Å². The van der Waals surface area contributed by atoms with Crippen LogP contribution in [-0.2, 0) is 24.8 Å². The Balaban J connectivity index is 1.52. The minimum absolute atomic E-state index is 0.252. The fraction of sp³-hybridized carbons (Fsp3) is 0.667. The second-order valence-electron chi connectivity index (χ2n) is 7.29. The highest BCUT2D eigenvalue weighted by Crippen LogP contribution is 2.27. The van der Waals surface area contributed by atoms with Crippen LogP contribution in [0.3, 0.4) is 0 Å². The van der Waals surface area contributed by atoms with Crippen molar-refractivity contribution in [2.24, 2.45) is 7.05 Å². The standard InChI is InChI=1S/C18H28N6OS/c1-13-15(26-12-19-13)5-6-17(25)24-9-7-14(8-10-24)18-21-20-16(23(18)4)11-22(2)3/h12,14H,5-11H2,1-4H3. The van der Waals surface area contributed by atoms with Gasteiger partial charge in [0.15, 0.2) is 0 Å². The smallest absolute Gasteiger partial charge is 0.222 e. The third kappa shape index (κ3) is 4.29. The molecular formula is C18H28N6OS. The van der Waals surface area contributed by atoms with Gasteiger partial charge in [0.25, 0.3) is 0 Å². The van der Waals surface area contributed by atoms with Crippen molar-refractivity contribution < 1.29 is 4.79 Å². The summed E-state index contributed by atoms with van der Waals surface area (Å²) in [5.41, 5.74) is 2.91. The molecule has 0 N–H and O–H groups in total. The van der Waals surface area contributed by atoms with Gasteiger partial charge in [-0.1, -0.05) is 0 Å². The van der Waals surface area contributed by atoms with E-state index in [9.17, 15) is 4.79 Å². The summed E-state index contributed by atoms with van der Waals surface area (Å²) >= 11 is 1.64. The lowest BCUT2D eigenvalue weighted by atomic mass is 9.95. The van der Waals surface area contributed by atoms with E-state index in [2.05, 4.69) is 24.6 Å². The second-order valence-corrected chi connectivity index (χ2v) is 8.23. The predicted molar refractivity (Wildman–Crippen MR) is 102 cm³/mol. The number of aromatic nitrogens is 4. The zero-order valence-corrected chi connectivity index (χ0v) is 16.9. The summed E-state index contributed by atoms with van der Waals surface area (Å²) in [7, 11) is 6.11. The molecular weight excluding hydrogens is 348 g/mol. The number of carbonyl (C=O) groups is 1. The molecule has 1 aliphatic rings. The molecule has 1 aliphatic heterocycles. The molecule has 0 aromatic carbocycles. The van der Waals surface area contributed by atoms with Crippen molar-refractivity contribution in [1.82, 2.24) is 29.5 Å². The molecule has 0 radical (unpaired) electrons. The first-order valence-corrected chi connectivity index (χ1v) is 10.0. The highest BCUT2D eigenvalue weighted by atomic mass is 32.1. The minimum atomic E-state index is 0.252. The predicted octanol–water partition coefficient (Wildman–Crippen LogP) is 1.98. The van der Waals surface area contributed by atoms with Crippen LogP contribution in [0, 0.1) is 6.92 Å². The first-order chi connectivity index (χ1) is 12.5. The molecule has 3 rings (SSSR count). The van der Waals surface area contributed by atoms with Crippen molar-refractivity contribution in [3.63, 3.8) is 0 Å². The van der Waals surface area contributed by atoms with Crippen LogP contribution in [0.2, 0.25) is 0 Å². The maximum atomic E-state index is 12.5. The molecule has 1 saturated heterocycles. The number of hydrogen-bond acceptors (Lipinski definition) is 6. The van der Waals surface area contributed by atoms with Gasteiger partial charge in [-0.05, 0) is 40.3 Å². The summed E-state index contributed by atoms with van der Waals surface area (Å²) in [6.45, 7) is 4.41. The lowest BCUT2D eigenvalue weighted by molar-refractivity contribution is -0.132. The molecule has 1 amide bonds. The molecule has 142 valence electrons. The van der Waals surface area contributed by atoms with Gasteiger partial charge in [0, 0.05) is 37.4 Å². The van der Waals surface area contributed by atoms with Gasteiger partial charge in [0.1, 0.15) is 11.6 Å². The average Bonchev–Trinajstić information content (AvgIpc) is 3.19. The summed E-state index contributed by atoms with van der Waals surface area (Å²) in [5, 5.41) is 8.76. The van der Waals surface area contributed by atoms with E-state index in [-0.39, 0.29) is 5.91 Å². The molecule has 3 heterocycles. The lowest BCUT2D eigenvalue weighted by Crippen LogP contribution is -2.38. The van der Waals surface area contributed by atoms with Crippen LogP contribution >= 0.6 is 11.3 Å². The molecule has 2 aromatic heterocycles. The van der Waals surface area contributed by atoms with Gasteiger partial charge in [-0.2, -0.15) is 0 Å². The molecule has 0 spiro atoms. The molecule has 2 aromatic rings. The molecule has 7 nitrogen and oxygen atoms in total. The summed E-state index contributed by atoms with van der Waals surface area (Å²) in [6, 6.07) is 0. The first-order valence-electron chi connectivity index (χ1n) is 9.15. The van der Waals surface area contributed by atoms with E-state index in [1.807, 2.05) is 38.5 Å². The van der Waals surface area contributed by atoms with Crippen LogP contribution in [0.5, 0.6) is 0 Å². The van der Waals surface area contributed by atoms with E-state index in [0.29, 0.717) is 12.3 Å². The monoisotopic (exact) mass is 376 g/mol. The maximum Gasteiger partial charge on any atom is 0.222 e. The molecule has 0 unspecified atom stereocenters. The maximum absolute atomic E-state index is 12.5. The molecule has 0 aliphatic carbocycles. The second kappa shape index (κ2) is 8.26. The van der Waals surface area contributed by atoms with Crippen LogP contribution in [0.25, 0.3) is 0 Å². The van der Waals surface area contributed by atoms with Gasteiger partial charge in [-0.25, -0.2) is 4.98 Å². The molecule has 26 heavy (non-hydrogen) atoms. The number of aryl methyl sites for hydroxylation is 2. The van der Waals surface area contributed by atoms with Crippen molar-refractivity contribution in [1.29, 1.82) is 0 Å². The highest BCUT2D eigenvalue weighted by molar-refractivity contribution is 7.09. The molecule has 0 bridgehead atoms. The zero-order valence-electron chi connectivity index (χ0n) is 16.1. The Morgan fingerprint density at radius 2 is 2.04 bits per heavy atom. The van der Waals surface area contributed by atoms with Crippen LogP contribution in [-0.4, -0.2) is 62.6 Å². The topological polar surface area (TPSA) is 67.2 Å². The molecule has 1 fully saturated rings. The van der Waals surface area contributed by atoms with E-state index in [1.54, 1.807) is 11.3 Å². The number of rotatable bonds is 6. The van der Waals surface area contributed by atoms with Gasteiger partial charge < -0.3 is 14.4 Å². The normalized spacial score (nSPS) is 15.8. The number of hydrogen-bond donors (Lipinski definition) is 0. The van der Waals surface area contributed by atoms with Gasteiger partial charge >= 0.3 is 0 Å². The van der Waals surface area contributed by atoms with Crippen molar-refractivity contribution in [3.05, 3.63) is 27.7 Å². The first kappa shape index (κ1) is 19.0. The van der Waals surface area contributed by atoms with Crippen LogP contribution in [0.1, 0.15) is 47.4 Å². The Morgan fingerprint density at radius 1 is 1.31 bits per heavy atom. The van der Waals surface area contributed by atoms with E-state index < -0.39 is 0 Å². The van der Waals surface area contributed by atoms with E-state index in [4.69, 9.17) is 0 Å². The number of carbonyl (C=O) groups excluding carboxylic acids is 1.